The average Bonchev–Trinajstić information content (AvgIpc) is 3.55. The van der Waals surface area contributed by atoms with Gasteiger partial charge in [0, 0.05) is 36.6 Å². The average molecular weight is 640 g/mol. The molecule has 0 saturated carbocycles. The van der Waals surface area contributed by atoms with Gasteiger partial charge in [-0.3, -0.25) is 4.90 Å². The van der Waals surface area contributed by atoms with E-state index in [1.54, 1.807) is 0 Å². The first-order chi connectivity index (χ1) is 23.0. The SMILES string of the molecule is CC1=C(c2cccc(OC3CCCCO3)c2)C(c2ccc(OCC(C)N3CCC(C)C3)cc2)Oc2ccc(OC3CCCCO3)cc21. The summed E-state index contributed by atoms with van der Waals surface area (Å²) in [6, 6.07) is 23.2. The first-order valence-electron chi connectivity index (χ1n) is 17.7. The van der Waals surface area contributed by atoms with Gasteiger partial charge in [0.15, 0.2) is 12.6 Å². The molecule has 0 N–H and O–H groups in total. The standard InChI is InChI=1S/C40H49NO6/c1-27-19-20-41(25-27)28(2)26-44-32-15-13-30(14-16-32)40-39(31-9-8-10-33(23-31)45-37-11-4-6-21-42-37)29(3)35-24-34(17-18-36(35)47-40)46-38-12-5-7-22-43-38/h8-10,13-18,23-24,27-28,37-38,40H,4-7,11-12,19-22,25-26H2,1-3H3. The maximum Gasteiger partial charge on any atom is 0.199 e. The Kier molecular flexibility index (Phi) is 10.0. The zero-order valence-electron chi connectivity index (χ0n) is 28.1. The first kappa shape index (κ1) is 32.0. The minimum atomic E-state index is -0.309. The molecule has 250 valence electrons. The number of hydrogen-bond donors (Lipinski definition) is 0. The highest BCUT2D eigenvalue weighted by Gasteiger charge is 2.31. The van der Waals surface area contributed by atoms with Crippen LogP contribution in [0, 0.1) is 5.92 Å². The Morgan fingerprint density at radius 1 is 0.809 bits per heavy atom. The minimum absolute atomic E-state index is 0.207. The zero-order chi connectivity index (χ0) is 32.2. The van der Waals surface area contributed by atoms with Gasteiger partial charge < -0.3 is 28.4 Å². The molecule has 47 heavy (non-hydrogen) atoms. The summed E-state index contributed by atoms with van der Waals surface area (Å²) in [4.78, 5) is 2.53. The van der Waals surface area contributed by atoms with Crippen molar-refractivity contribution >= 4 is 11.1 Å². The lowest BCUT2D eigenvalue weighted by atomic mass is 9.86. The van der Waals surface area contributed by atoms with E-state index in [0.717, 1.165) is 122 Å². The van der Waals surface area contributed by atoms with Crippen LogP contribution in [0.2, 0.25) is 0 Å². The lowest BCUT2D eigenvalue weighted by molar-refractivity contribution is -0.106. The molecule has 5 unspecified atom stereocenters. The molecule has 7 nitrogen and oxygen atoms in total. The van der Waals surface area contributed by atoms with Gasteiger partial charge in [0.1, 0.15) is 35.7 Å². The van der Waals surface area contributed by atoms with Crippen molar-refractivity contribution in [2.24, 2.45) is 5.92 Å². The van der Waals surface area contributed by atoms with Crippen LogP contribution in [-0.4, -0.2) is 56.4 Å². The maximum atomic E-state index is 6.85. The fraction of sp³-hybridized carbons (Fsp3) is 0.500. The molecule has 7 rings (SSSR count). The summed E-state index contributed by atoms with van der Waals surface area (Å²) in [5.41, 5.74) is 5.39. The lowest BCUT2D eigenvalue weighted by Crippen LogP contribution is -2.35. The third-order valence-corrected chi connectivity index (χ3v) is 9.97. The van der Waals surface area contributed by atoms with E-state index in [0.29, 0.717) is 12.6 Å². The Hall–Kier alpha value is -3.52. The quantitative estimate of drug-likeness (QED) is 0.220. The Bertz CT molecular complexity index is 1520. The van der Waals surface area contributed by atoms with Crippen LogP contribution in [0.5, 0.6) is 23.0 Å². The van der Waals surface area contributed by atoms with E-state index in [-0.39, 0.29) is 18.7 Å². The van der Waals surface area contributed by atoms with Crippen LogP contribution in [0.1, 0.15) is 88.5 Å². The van der Waals surface area contributed by atoms with E-state index in [2.05, 4.69) is 74.2 Å². The second kappa shape index (κ2) is 14.7. The maximum absolute atomic E-state index is 6.85. The van der Waals surface area contributed by atoms with Gasteiger partial charge in [0.2, 0.25) is 0 Å². The predicted molar refractivity (Wildman–Crippen MR) is 184 cm³/mol. The van der Waals surface area contributed by atoms with E-state index in [1.165, 1.54) is 6.42 Å². The Labute approximate surface area is 279 Å². The molecular weight excluding hydrogens is 590 g/mol. The van der Waals surface area contributed by atoms with Crippen molar-refractivity contribution in [3.8, 4) is 23.0 Å². The van der Waals surface area contributed by atoms with Crippen LogP contribution < -0.4 is 18.9 Å². The molecule has 3 aromatic rings. The number of rotatable bonds is 10. The summed E-state index contributed by atoms with van der Waals surface area (Å²) in [6.07, 6.45) is 6.77. The second-order valence-electron chi connectivity index (χ2n) is 13.7. The normalized spacial score (nSPS) is 25.5. The molecule has 0 bridgehead atoms. The van der Waals surface area contributed by atoms with Crippen LogP contribution in [0.15, 0.2) is 66.7 Å². The molecule has 0 radical (unpaired) electrons. The van der Waals surface area contributed by atoms with Gasteiger partial charge in [-0.2, -0.15) is 0 Å². The van der Waals surface area contributed by atoms with E-state index in [9.17, 15) is 0 Å². The van der Waals surface area contributed by atoms with E-state index < -0.39 is 0 Å². The Morgan fingerprint density at radius 3 is 2.17 bits per heavy atom. The molecule has 4 aliphatic heterocycles. The third kappa shape index (κ3) is 7.64. The molecular formula is C40H49NO6. The minimum Gasteiger partial charge on any atom is -0.492 e. The largest absolute Gasteiger partial charge is 0.492 e. The fourth-order valence-electron chi connectivity index (χ4n) is 7.19. The molecule has 0 aliphatic carbocycles. The molecule has 0 amide bonds. The summed E-state index contributed by atoms with van der Waals surface area (Å²) in [6.45, 7) is 11.2. The van der Waals surface area contributed by atoms with Gasteiger partial charge in [0.25, 0.3) is 0 Å². The van der Waals surface area contributed by atoms with Crippen molar-refractivity contribution in [1.29, 1.82) is 0 Å². The summed E-state index contributed by atoms with van der Waals surface area (Å²) in [5.74, 6) is 4.07. The number of ether oxygens (including phenoxy) is 6. The highest BCUT2D eigenvalue weighted by Crippen LogP contribution is 2.48. The highest BCUT2D eigenvalue weighted by molar-refractivity contribution is 5.96. The molecule has 5 atom stereocenters. The van der Waals surface area contributed by atoms with Crippen molar-refractivity contribution in [3.63, 3.8) is 0 Å². The molecule has 3 fully saturated rings. The fourth-order valence-corrected chi connectivity index (χ4v) is 7.19. The predicted octanol–water partition coefficient (Wildman–Crippen LogP) is 8.67. The van der Waals surface area contributed by atoms with Crippen LogP contribution in [0.25, 0.3) is 11.1 Å². The molecule has 0 aromatic heterocycles. The van der Waals surface area contributed by atoms with Gasteiger partial charge in [0.05, 0.1) is 13.2 Å². The van der Waals surface area contributed by atoms with Gasteiger partial charge in [-0.25, -0.2) is 0 Å². The topological polar surface area (TPSA) is 58.6 Å². The van der Waals surface area contributed by atoms with E-state index >= 15 is 0 Å². The van der Waals surface area contributed by atoms with E-state index in [4.69, 9.17) is 28.4 Å². The Morgan fingerprint density at radius 2 is 1.51 bits per heavy atom. The number of allylic oxidation sites excluding steroid dienone is 1. The van der Waals surface area contributed by atoms with Gasteiger partial charge >= 0.3 is 0 Å². The molecule has 3 saturated heterocycles. The van der Waals surface area contributed by atoms with Crippen molar-refractivity contribution in [3.05, 3.63) is 83.4 Å². The van der Waals surface area contributed by atoms with Crippen molar-refractivity contribution in [2.75, 3.05) is 32.9 Å². The molecule has 7 heteroatoms. The second-order valence-corrected chi connectivity index (χ2v) is 13.7. The lowest BCUT2D eigenvalue weighted by Gasteiger charge is -2.32. The molecule has 4 aliphatic rings. The Balaban J connectivity index is 1.16. The van der Waals surface area contributed by atoms with Crippen molar-refractivity contribution in [1.82, 2.24) is 4.90 Å². The first-order valence-corrected chi connectivity index (χ1v) is 17.7. The smallest absolute Gasteiger partial charge is 0.199 e. The van der Waals surface area contributed by atoms with Crippen molar-refractivity contribution in [2.45, 2.75) is 90.4 Å². The third-order valence-electron chi connectivity index (χ3n) is 9.97. The molecule has 0 spiro atoms. The molecule has 3 aromatic carbocycles. The zero-order valence-corrected chi connectivity index (χ0v) is 28.1. The number of likely N-dealkylation sites (tertiary alicyclic amines) is 1. The summed E-state index contributed by atoms with van der Waals surface area (Å²) in [5, 5.41) is 0. The number of hydrogen-bond acceptors (Lipinski definition) is 7. The van der Waals surface area contributed by atoms with Crippen LogP contribution in [0.3, 0.4) is 0 Å². The number of benzene rings is 3. The number of nitrogens with zero attached hydrogens (tertiary/aromatic N) is 1. The summed E-state index contributed by atoms with van der Waals surface area (Å²) in [7, 11) is 0. The van der Waals surface area contributed by atoms with Crippen LogP contribution >= 0.6 is 0 Å². The van der Waals surface area contributed by atoms with Gasteiger partial charge in [-0.05, 0) is 118 Å². The van der Waals surface area contributed by atoms with Crippen molar-refractivity contribution < 1.29 is 28.4 Å². The summed E-state index contributed by atoms with van der Waals surface area (Å²) < 4.78 is 37.4. The molecule has 4 heterocycles. The van der Waals surface area contributed by atoms with E-state index in [1.807, 2.05) is 18.2 Å². The van der Waals surface area contributed by atoms with Crippen LogP contribution in [-0.2, 0) is 9.47 Å². The summed E-state index contributed by atoms with van der Waals surface area (Å²) >= 11 is 0. The van der Waals surface area contributed by atoms with Gasteiger partial charge in [-0.15, -0.1) is 0 Å². The number of fused-ring (bicyclic) bond motifs is 1. The van der Waals surface area contributed by atoms with Crippen LogP contribution in [0.4, 0.5) is 0 Å². The monoisotopic (exact) mass is 639 g/mol. The van der Waals surface area contributed by atoms with Gasteiger partial charge in [-0.1, -0.05) is 31.2 Å². The highest BCUT2D eigenvalue weighted by atomic mass is 16.7.